The Morgan fingerprint density at radius 2 is 2.09 bits per heavy atom. The number of aliphatic imine (C=N–C) groups is 1. The molecule has 4 rings (SSSR count). The van der Waals surface area contributed by atoms with Gasteiger partial charge in [0.1, 0.15) is 5.69 Å². The first kappa shape index (κ1) is 24.0. The largest absolute Gasteiger partial charge is 0.347 e. The summed E-state index contributed by atoms with van der Waals surface area (Å²) in [5.41, 5.74) is 6.60. The van der Waals surface area contributed by atoms with Gasteiger partial charge in [0.15, 0.2) is 0 Å². The molecule has 7 heteroatoms. The van der Waals surface area contributed by atoms with E-state index in [1.807, 2.05) is 56.8 Å². The first-order chi connectivity index (χ1) is 15.4. The molecule has 170 valence electrons. The number of nitrogens with zero attached hydrogens (tertiary/aromatic N) is 3. The normalized spacial score (nSPS) is 15.8. The van der Waals surface area contributed by atoms with Crippen LogP contribution in [0.1, 0.15) is 54.0 Å². The highest BCUT2D eigenvalue weighted by molar-refractivity contribution is 7.97. The van der Waals surface area contributed by atoms with E-state index in [1.54, 1.807) is 11.9 Å². The third-order valence-corrected chi connectivity index (χ3v) is 6.98. The van der Waals surface area contributed by atoms with Crippen LogP contribution in [0.2, 0.25) is 0 Å². The fraction of sp³-hybridized carbons (Fsp3) is 0.400. The molecule has 1 amide bonds. The van der Waals surface area contributed by atoms with Crippen LogP contribution in [0.5, 0.6) is 0 Å². The predicted molar refractivity (Wildman–Crippen MR) is 134 cm³/mol. The molecule has 0 radical (unpaired) electrons. The summed E-state index contributed by atoms with van der Waals surface area (Å²) in [5, 5.41) is 11.0. The van der Waals surface area contributed by atoms with E-state index in [0.29, 0.717) is 24.5 Å². The summed E-state index contributed by atoms with van der Waals surface area (Å²) < 4.78 is 4.16. The molecule has 2 aliphatic heterocycles. The molecule has 3 heterocycles. The van der Waals surface area contributed by atoms with E-state index in [2.05, 4.69) is 27.3 Å². The molecule has 2 aromatic rings. The monoisotopic (exact) mass is 451 g/mol. The Labute approximate surface area is 195 Å². The molecular formula is C25H33N5OS. The summed E-state index contributed by atoms with van der Waals surface area (Å²) >= 11 is 1.64. The molecular weight excluding hydrogens is 418 g/mol. The number of fused-ring (bicyclic) bond motifs is 1. The van der Waals surface area contributed by atoms with Gasteiger partial charge in [0.2, 0.25) is 0 Å². The van der Waals surface area contributed by atoms with E-state index in [4.69, 9.17) is 5.41 Å². The number of carbonyl (C=O) groups is 1. The number of rotatable bonds is 5. The van der Waals surface area contributed by atoms with Crippen LogP contribution in [0.3, 0.4) is 0 Å². The van der Waals surface area contributed by atoms with Crippen molar-refractivity contribution in [2.75, 3.05) is 13.1 Å². The Kier molecular flexibility index (Phi) is 8.10. The van der Waals surface area contributed by atoms with Gasteiger partial charge < -0.3 is 15.3 Å². The van der Waals surface area contributed by atoms with Crippen LogP contribution < -0.4 is 5.32 Å². The molecule has 0 unspecified atom stereocenters. The zero-order chi connectivity index (χ0) is 23.3. The summed E-state index contributed by atoms with van der Waals surface area (Å²) in [6.07, 6.45) is 4.58. The zero-order valence-electron chi connectivity index (χ0n) is 19.5. The maximum Gasteiger partial charge on any atom is 0.268 e. The van der Waals surface area contributed by atoms with Crippen LogP contribution in [0, 0.1) is 12.3 Å². The Hall–Kier alpha value is -2.64. The van der Waals surface area contributed by atoms with E-state index in [0.717, 1.165) is 53.2 Å². The Morgan fingerprint density at radius 1 is 1.31 bits per heavy atom. The lowest BCUT2D eigenvalue weighted by Crippen LogP contribution is -2.30. The van der Waals surface area contributed by atoms with Crippen molar-refractivity contribution >= 4 is 35.5 Å². The highest BCUT2D eigenvalue weighted by Crippen LogP contribution is 2.31. The molecule has 2 N–H and O–H groups in total. The van der Waals surface area contributed by atoms with Gasteiger partial charge in [0, 0.05) is 55.6 Å². The molecule has 1 aromatic carbocycles. The molecule has 0 spiro atoms. The molecule has 1 fully saturated rings. The molecule has 0 saturated carbocycles. The third-order valence-electron chi connectivity index (χ3n) is 5.80. The number of hydrogen-bond donors (Lipinski definition) is 2. The standard InChI is InChI=1S/C23H27N5OS.C2H6/c1-15-14-28(11-9-19(15)24)30-22-12-21(27(3)16(22)2)23(29)26-13-17-6-4-8-20-18(17)7-5-10-25-20;1-2/h4,6,8,10,12,24H,1,5,7,9,11,13-14H2,2-3H3,(H,26,29);1-2H3. The highest BCUT2D eigenvalue weighted by atomic mass is 32.2. The van der Waals surface area contributed by atoms with Crippen molar-refractivity contribution in [1.82, 2.24) is 14.2 Å². The lowest BCUT2D eigenvalue weighted by atomic mass is 9.99. The average molecular weight is 452 g/mol. The SMILES string of the molecule is C=C1CN(Sc2cc(C(=O)NCc3cccc4c3CCC=N4)n(C)c2C)CCC1=N.CC. The highest BCUT2D eigenvalue weighted by Gasteiger charge is 2.22. The molecule has 2 aliphatic rings. The van der Waals surface area contributed by atoms with E-state index < -0.39 is 0 Å². The zero-order valence-corrected chi connectivity index (χ0v) is 20.3. The Balaban J connectivity index is 0.00000141. The minimum atomic E-state index is -0.0748. The minimum absolute atomic E-state index is 0.0748. The van der Waals surface area contributed by atoms with Crippen LogP contribution in [0.15, 0.2) is 46.3 Å². The van der Waals surface area contributed by atoms with Crippen molar-refractivity contribution in [2.24, 2.45) is 12.0 Å². The lowest BCUT2D eigenvalue weighted by Gasteiger charge is -2.27. The summed E-state index contributed by atoms with van der Waals surface area (Å²) in [6, 6.07) is 8.05. The van der Waals surface area contributed by atoms with Crippen LogP contribution in [-0.2, 0) is 20.0 Å². The topological polar surface area (TPSA) is 73.5 Å². The quantitative estimate of drug-likeness (QED) is 0.612. The van der Waals surface area contributed by atoms with Gasteiger partial charge in [0.05, 0.1) is 5.69 Å². The molecule has 1 aromatic heterocycles. The van der Waals surface area contributed by atoms with Gasteiger partial charge in [-0.15, -0.1) is 0 Å². The fourth-order valence-electron chi connectivity index (χ4n) is 3.83. The number of nitrogens with one attached hydrogen (secondary N) is 2. The van der Waals surface area contributed by atoms with Crippen molar-refractivity contribution in [3.05, 3.63) is 58.9 Å². The summed E-state index contributed by atoms with van der Waals surface area (Å²) in [5.74, 6) is -0.0748. The third kappa shape index (κ3) is 5.22. The average Bonchev–Trinajstić information content (AvgIpc) is 3.09. The van der Waals surface area contributed by atoms with Gasteiger partial charge in [-0.1, -0.05) is 32.6 Å². The lowest BCUT2D eigenvalue weighted by molar-refractivity contribution is 0.0942. The van der Waals surface area contributed by atoms with Gasteiger partial charge >= 0.3 is 0 Å². The number of amides is 1. The summed E-state index contributed by atoms with van der Waals surface area (Å²) in [4.78, 5) is 18.5. The minimum Gasteiger partial charge on any atom is -0.347 e. The Morgan fingerprint density at radius 3 is 2.84 bits per heavy atom. The van der Waals surface area contributed by atoms with Crippen molar-refractivity contribution in [3.8, 4) is 0 Å². The first-order valence-electron chi connectivity index (χ1n) is 11.2. The molecule has 6 nitrogen and oxygen atoms in total. The Bertz CT molecular complexity index is 1050. The number of benzene rings is 1. The number of piperidine rings is 1. The van der Waals surface area contributed by atoms with E-state index in [-0.39, 0.29) is 5.91 Å². The smallest absolute Gasteiger partial charge is 0.268 e. The second kappa shape index (κ2) is 10.8. The number of aromatic nitrogens is 1. The van der Waals surface area contributed by atoms with Crippen LogP contribution in [-0.4, -0.2) is 39.8 Å². The molecule has 32 heavy (non-hydrogen) atoms. The van der Waals surface area contributed by atoms with Crippen molar-refractivity contribution in [3.63, 3.8) is 0 Å². The van der Waals surface area contributed by atoms with Crippen LogP contribution in [0.25, 0.3) is 0 Å². The van der Waals surface area contributed by atoms with Gasteiger partial charge in [-0.25, -0.2) is 4.31 Å². The second-order valence-corrected chi connectivity index (χ2v) is 8.91. The van der Waals surface area contributed by atoms with E-state index in [9.17, 15) is 4.79 Å². The van der Waals surface area contributed by atoms with Gasteiger partial charge in [-0.3, -0.25) is 9.79 Å². The van der Waals surface area contributed by atoms with Crippen LogP contribution in [0.4, 0.5) is 5.69 Å². The summed E-state index contributed by atoms with van der Waals surface area (Å²) in [6.45, 7) is 12.0. The van der Waals surface area contributed by atoms with E-state index in [1.165, 1.54) is 5.56 Å². The summed E-state index contributed by atoms with van der Waals surface area (Å²) in [7, 11) is 1.93. The fourth-order valence-corrected chi connectivity index (χ4v) is 4.95. The predicted octanol–water partition coefficient (Wildman–Crippen LogP) is 5.23. The van der Waals surface area contributed by atoms with Crippen molar-refractivity contribution in [1.29, 1.82) is 5.41 Å². The second-order valence-electron chi connectivity index (χ2n) is 7.77. The molecule has 0 atom stereocenters. The molecule has 0 bridgehead atoms. The van der Waals surface area contributed by atoms with Gasteiger partial charge in [0.25, 0.3) is 5.91 Å². The number of hydrogen-bond acceptors (Lipinski definition) is 5. The molecule has 0 aliphatic carbocycles. The van der Waals surface area contributed by atoms with Crippen molar-refractivity contribution in [2.45, 2.75) is 51.5 Å². The van der Waals surface area contributed by atoms with Gasteiger partial charge in [-0.05, 0) is 60.5 Å². The van der Waals surface area contributed by atoms with Gasteiger partial charge in [-0.2, -0.15) is 0 Å². The number of carbonyl (C=O) groups excluding carboxylic acids is 1. The van der Waals surface area contributed by atoms with Crippen molar-refractivity contribution < 1.29 is 4.79 Å². The molecule has 1 saturated heterocycles. The van der Waals surface area contributed by atoms with Crippen LogP contribution >= 0.6 is 11.9 Å². The first-order valence-corrected chi connectivity index (χ1v) is 12.0. The maximum atomic E-state index is 12.9. The van der Waals surface area contributed by atoms with E-state index >= 15 is 0 Å². The maximum absolute atomic E-state index is 12.9.